The highest BCUT2D eigenvalue weighted by Gasteiger charge is 2.21. The summed E-state index contributed by atoms with van der Waals surface area (Å²) in [5, 5.41) is 6.01. The molecular formula is C22H23N5O. The van der Waals surface area contributed by atoms with Crippen LogP contribution in [0.1, 0.15) is 18.1 Å². The number of pyridine rings is 2. The van der Waals surface area contributed by atoms with Gasteiger partial charge in [0.2, 0.25) is 5.43 Å². The molecular weight excluding hydrogens is 350 g/mol. The van der Waals surface area contributed by atoms with Crippen molar-refractivity contribution >= 4 is 22.4 Å². The van der Waals surface area contributed by atoms with Gasteiger partial charge in [-0.3, -0.25) is 9.80 Å². The molecule has 0 bridgehead atoms. The van der Waals surface area contributed by atoms with Gasteiger partial charge in [0, 0.05) is 31.5 Å². The van der Waals surface area contributed by atoms with Crippen LogP contribution < -0.4 is 21.2 Å². The molecule has 28 heavy (non-hydrogen) atoms. The molecule has 6 heteroatoms. The third-order valence-electron chi connectivity index (χ3n) is 5.55. The zero-order chi connectivity index (χ0) is 19.1. The fraction of sp³-hybridized carbons (Fsp3) is 0.273. The Morgan fingerprint density at radius 3 is 2.71 bits per heavy atom. The number of hydrogen-bond acceptors (Lipinski definition) is 5. The molecule has 3 aromatic rings. The van der Waals surface area contributed by atoms with Crippen LogP contribution >= 0.6 is 0 Å². The van der Waals surface area contributed by atoms with Crippen LogP contribution in [0.3, 0.4) is 0 Å². The largest absolute Gasteiger partial charge is 0.380 e. The monoisotopic (exact) mass is 373 g/mol. The van der Waals surface area contributed by atoms with Gasteiger partial charge in [0.15, 0.2) is 0 Å². The molecule has 1 aromatic carbocycles. The fourth-order valence-corrected chi connectivity index (χ4v) is 4.17. The summed E-state index contributed by atoms with van der Waals surface area (Å²) in [6.07, 6.45) is 9.60. The second-order valence-electron chi connectivity index (χ2n) is 7.36. The standard InChI is InChI=1S/C22H23N5O/c1-2-26-14-20(27-9-5-8-24-27)21(28)19-12-18(13-23-22(19)26)25-17-10-15-6-3-4-7-16(15)11-17/h3-7,9,12-14,17,24-25H,2,8,10-11H2,1H3. The predicted octanol–water partition coefficient (Wildman–Crippen LogP) is 2.83. The van der Waals surface area contributed by atoms with Crippen LogP contribution in [0, 0.1) is 0 Å². The van der Waals surface area contributed by atoms with Crippen LogP contribution in [0.25, 0.3) is 11.0 Å². The van der Waals surface area contributed by atoms with Gasteiger partial charge in [0.25, 0.3) is 0 Å². The van der Waals surface area contributed by atoms with Crippen LogP contribution in [0.4, 0.5) is 11.4 Å². The third-order valence-corrected chi connectivity index (χ3v) is 5.55. The van der Waals surface area contributed by atoms with E-state index >= 15 is 0 Å². The summed E-state index contributed by atoms with van der Waals surface area (Å²) >= 11 is 0. The van der Waals surface area contributed by atoms with Crippen LogP contribution in [-0.2, 0) is 19.4 Å². The maximum Gasteiger partial charge on any atom is 0.216 e. The molecule has 0 radical (unpaired) electrons. The molecule has 142 valence electrons. The van der Waals surface area contributed by atoms with Gasteiger partial charge < -0.3 is 9.88 Å². The first-order valence-electron chi connectivity index (χ1n) is 9.79. The van der Waals surface area contributed by atoms with Crippen molar-refractivity contribution in [3.8, 4) is 0 Å². The first-order valence-corrected chi connectivity index (χ1v) is 9.79. The number of aromatic nitrogens is 2. The van der Waals surface area contributed by atoms with E-state index in [1.54, 1.807) is 5.01 Å². The molecule has 0 fully saturated rings. The first kappa shape index (κ1) is 17.0. The maximum absolute atomic E-state index is 13.2. The SMILES string of the molecule is CCn1cc(N2C=CCN2)c(=O)c2cc(NC3Cc4ccccc4C3)cnc21. The number of rotatable bonds is 4. The molecule has 0 atom stereocenters. The van der Waals surface area contributed by atoms with Crippen molar-refractivity contribution in [3.63, 3.8) is 0 Å². The van der Waals surface area contributed by atoms with E-state index in [4.69, 9.17) is 0 Å². The molecule has 0 unspecified atom stereocenters. The summed E-state index contributed by atoms with van der Waals surface area (Å²) in [7, 11) is 0. The number of nitrogens with one attached hydrogen (secondary N) is 2. The molecule has 2 aromatic heterocycles. The quantitative estimate of drug-likeness (QED) is 0.736. The Kier molecular flexibility index (Phi) is 4.13. The number of nitrogens with zero attached hydrogens (tertiary/aromatic N) is 3. The number of hydrazine groups is 1. The Morgan fingerprint density at radius 1 is 1.25 bits per heavy atom. The van der Waals surface area contributed by atoms with E-state index in [0.29, 0.717) is 17.1 Å². The van der Waals surface area contributed by atoms with Crippen molar-refractivity contribution in [1.82, 2.24) is 15.0 Å². The lowest BCUT2D eigenvalue weighted by atomic mass is 10.1. The molecule has 1 aliphatic carbocycles. The first-order chi connectivity index (χ1) is 13.7. The summed E-state index contributed by atoms with van der Waals surface area (Å²) in [4.78, 5) is 17.8. The number of benzene rings is 1. The molecule has 2 N–H and O–H groups in total. The zero-order valence-corrected chi connectivity index (χ0v) is 15.9. The van der Waals surface area contributed by atoms with E-state index < -0.39 is 0 Å². The van der Waals surface area contributed by atoms with Gasteiger partial charge in [-0.1, -0.05) is 30.3 Å². The Morgan fingerprint density at radius 2 is 2.04 bits per heavy atom. The third kappa shape index (κ3) is 2.86. The zero-order valence-electron chi connectivity index (χ0n) is 15.9. The van der Waals surface area contributed by atoms with E-state index in [0.717, 1.165) is 37.3 Å². The number of fused-ring (bicyclic) bond motifs is 2. The molecule has 5 rings (SSSR count). The highest BCUT2D eigenvalue weighted by molar-refractivity contribution is 5.82. The van der Waals surface area contributed by atoms with Crippen molar-refractivity contribution in [3.05, 3.63) is 76.4 Å². The lowest BCUT2D eigenvalue weighted by molar-refractivity contribution is 0.756. The summed E-state index contributed by atoms with van der Waals surface area (Å²) < 4.78 is 2.02. The van der Waals surface area contributed by atoms with Gasteiger partial charge in [-0.15, -0.1) is 0 Å². The normalized spacial score (nSPS) is 16.1. The van der Waals surface area contributed by atoms with Crippen LogP contribution in [-0.4, -0.2) is 22.1 Å². The van der Waals surface area contributed by atoms with Gasteiger partial charge in [0.1, 0.15) is 11.3 Å². The Balaban J connectivity index is 1.51. The van der Waals surface area contributed by atoms with Crippen molar-refractivity contribution in [2.75, 3.05) is 16.9 Å². The molecule has 6 nitrogen and oxygen atoms in total. The van der Waals surface area contributed by atoms with Crippen molar-refractivity contribution in [1.29, 1.82) is 0 Å². The smallest absolute Gasteiger partial charge is 0.216 e. The van der Waals surface area contributed by atoms with Crippen LogP contribution in [0.15, 0.2) is 59.8 Å². The van der Waals surface area contributed by atoms with E-state index in [1.165, 1.54) is 11.1 Å². The topological polar surface area (TPSA) is 62.2 Å². The molecule has 1 aliphatic heterocycles. The minimum atomic E-state index is -0.00962. The molecule has 0 saturated carbocycles. The second-order valence-corrected chi connectivity index (χ2v) is 7.36. The number of aryl methyl sites for hydroxylation is 1. The highest BCUT2D eigenvalue weighted by Crippen LogP contribution is 2.25. The van der Waals surface area contributed by atoms with Crippen molar-refractivity contribution in [2.24, 2.45) is 0 Å². The van der Waals surface area contributed by atoms with Crippen LogP contribution in [0.2, 0.25) is 0 Å². The van der Waals surface area contributed by atoms with E-state index in [2.05, 4.69) is 46.9 Å². The molecule has 0 saturated heterocycles. The Labute approximate surface area is 163 Å². The fourth-order valence-electron chi connectivity index (χ4n) is 4.17. The summed E-state index contributed by atoms with van der Waals surface area (Å²) in [5.41, 5.74) is 8.21. The van der Waals surface area contributed by atoms with Gasteiger partial charge in [-0.05, 0) is 37.0 Å². The minimum absolute atomic E-state index is 0.00962. The average molecular weight is 373 g/mol. The van der Waals surface area contributed by atoms with Gasteiger partial charge >= 0.3 is 0 Å². The maximum atomic E-state index is 13.2. The summed E-state index contributed by atoms with van der Waals surface area (Å²) in [6, 6.07) is 10.8. The van der Waals surface area contributed by atoms with Gasteiger partial charge in [-0.25, -0.2) is 10.4 Å². The van der Waals surface area contributed by atoms with Gasteiger partial charge in [-0.2, -0.15) is 0 Å². The van der Waals surface area contributed by atoms with Crippen LogP contribution in [0.5, 0.6) is 0 Å². The second kappa shape index (κ2) is 6.80. The van der Waals surface area contributed by atoms with E-state index in [-0.39, 0.29) is 5.43 Å². The molecule has 2 aliphatic rings. The Hall–Kier alpha value is -3.12. The predicted molar refractivity (Wildman–Crippen MR) is 113 cm³/mol. The molecule has 3 heterocycles. The van der Waals surface area contributed by atoms with E-state index in [1.807, 2.05) is 35.3 Å². The molecule has 0 amide bonds. The molecule has 0 spiro atoms. The van der Waals surface area contributed by atoms with Crippen molar-refractivity contribution < 1.29 is 0 Å². The Bertz CT molecular complexity index is 1110. The number of anilines is 2. The highest BCUT2D eigenvalue weighted by atomic mass is 16.1. The summed E-state index contributed by atoms with van der Waals surface area (Å²) in [6.45, 7) is 3.54. The number of hydrogen-bond donors (Lipinski definition) is 2. The lowest BCUT2D eigenvalue weighted by Crippen LogP contribution is -2.33. The average Bonchev–Trinajstić information content (AvgIpc) is 3.38. The summed E-state index contributed by atoms with van der Waals surface area (Å²) in [5.74, 6) is 0. The lowest BCUT2D eigenvalue weighted by Gasteiger charge is -2.19. The van der Waals surface area contributed by atoms with Gasteiger partial charge in [0.05, 0.1) is 17.3 Å². The van der Waals surface area contributed by atoms with E-state index in [9.17, 15) is 4.79 Å². The minimum Gasteiger partial charge on any atom is -0.380 e. The van der Waals surface area contributed by atoms with Crippen molar-refractivity contribution in [2.45, 2.75) is 32.4 Å².